The molecule has 2 N–H and O–H groups in total. The molecule has 1 aliphatic rings. The number of piperidine rings is 1. The van der Waals surface area contributed by atoms with Gasteiger partial charge >= 0.3 is 0 Å². The molecule has 2 heterocycles. The SMILES string of the molecule is CC(=O)Nc1ccc(C(=O)Nc2nc(CN3CCC[C@H](C)C3)cs2)cc1. The Kier molecular flexibility index (Phi) is 6.00. The van der Waals surface area contributed by atoms with Crippen molar-refractivity contribution in [1.29, 1.82) is 0 Å². The first kappa shape index (κ1) is 18.5. The first-order valence-corrected chi connectivity index (χ1v) is 9.73. The largest absolute Gasteiger partial charge is 0.326 e. The second kappa shape index (κ2) is 8.42. The van der Waals surface area contributed by atoms with Crippen molar-refractivity contribution in [2.45, 2.75) is 33.2 Å². The third-order valence-electron chi connectivity index (χ3n) is 4.37. The molecule has 3 rings (SSSR count). The summed E-state index contributed by atoms with van der Waals surface area (Å²) in [6.45, 7) is 6.80. The van der Waals surface area contributed by atoms with Gasteiger partial charge < -0.3 is 5.32 Å². The number of anilines is 2. The highest BCUT2D eigenvalue weighted by atomic mass is 32.1. The molecule has 1 aromatic heterocycles. The van der Waals surface area contributed by atoms with Crippen LogP contribution in [0.5, 0.6) is 0 Å². The molecule has 2 amide bonds. The maximum atomic E-state index is 12.3. The van der Waals surface area contributed by atoms with Crippen LogP contribution in [0.3, 0.4) is 0 Å². The number of benzene rings is 1. The Hall–Kier alpha value is -2.25. The summed E-state index contributed by atoms with van der Waals surface area (Å²) in [6, 6.07) is 6.79. The van der Waals surface area contributed by atoms with E-state index in [9.17, 15) is 9.59 Å². The molecule has 1 aromatic carbocycles. The highest BCUT2D eigenvalue weighted by Gasteiger charge is 2.17. The molecule has 1 aliphatic heterocycles. The van der Waals surface area contributed by atoms with Crippen LogP contribution in [-0.4, -0.2) is 34.8 Å². The first-order chi connectivity index (χ1) is 12.5. The zero-order valence-corrected chi connectivity index (χ0v) is 15.9. The molecule has 26 heavy (non-hydrogen) atoms. The molecule has 1 atom stereocenters. The number of amides is 2. The van der Waals surface area contributed by atoms with Crippen LogP contribution in [0.1, 0.15) is 42.7 Å². The van der Waals surface area contributed by atoms with Crippen LogP contribution in [0.25, 0.3) is 0 Å². The lowest BCUT2D eigenvalue weighted by Gasteiger charge is -2.30. The summed E-state index contributed by atoms with van der Waals surface area (Å²) in [5, 5.41) is 8.15. The van der Waals surface area contributed by atoms with Crippen LogP contribution < -0.4 is 10.6 Å². The van der Waals surface area contributed by atoms with E-state index in [4.69, 9.17) is 0 Å². The van der Waals surface area contributed by atoms with Gasteiger partial charge in [-0.3, -0.25) is 19.8 Å². The zero-order chi connectivity index (χ0) is 18.5. The van der Waals surface area contributed by atoms with Gasteiger partial charge in [0.15, 0.2) is 5.13 Å². The number of thiazole rings is 1. The molecule has 2 aromatic rings. The lowest BCUT2D eigenvalue weighted by molar-refractivity contribution is -0.114. The lowest BCUT2D eigenvalue weighted by Crippen LogP contribution is -2.33. The van der Waals surface area contributed by atoms with Crippen LogP contribution in [0.15, 0.2) is 29.6 Å². The number of rotatable bonds is 5. The van der Waals surface area contributed by atoms with E-state index in [1.165, 1.54) is 31.1 Å². The van der Waals surface area contributed by atoms with Crippen LogP contribution in [0.2, 0.25) is 0 Å². The summed E-state index contributed by atoms with van der Waals surface area (Å²) in [6.07, 6.45) is 2.54. The number of nitrogens with zero attached hydrogens (tertiary/aromatic N) is 2. The molecule has 138 valence electrons. The molecular weight excluding hydrogens is 348 g/mol. The van der Waals surface area contributed by atoms with E-state index >= 15 is 0 Å². The molecule has 0 spiro atoms. The lowest BCUT2D eigenvalue weighted by atomic mass is 10.0. The summed E-state index contributed by atoms with van der Waals surface area (Å²) in [5.41, 5.74) is 2.20. The Balaban J connectivity index is 1.56. The van der Waals surface area contributed by atoms with Crippen LogP contribution >= 0.6 is 11.3 Å². The van der Waals surface area contributed by atoms with Crippen molar-refractivity contribution in [2.75, 3.05) is 23.7 Å². The molecule has 6 nitrogen and oxygen atoms in total. The molecule has 1 saturated heterocycles. The Morgan fingerprint density at radius 2 is 2.04 bits per heavy atom. The van der Waals surface area contributed by atoms with Gasteiger partial charge in [0.1, 0.15) is 0 Å². The van der Waals surface area contributed by atoms with Crippen LogP contribution in [-0.2, 0) is 11.3 Å². The van der Waals surface area contributed by atoms with Gasteiger partial charge in [0, 0.05) is 36.6 Å². The van der Waals surface area contributed by atoms with Crippen molar-refractivity contribution in [3.63, 3.8) is 0 Å². The summed E-state index contributed by atoms with van der Waals surface area (Å²) in [4.78, 5) is 30.3. The number of hydrogen-bond donors (Lipinski definition) is 2. The van der Waals surface area contributed by atoms with E-state index in [-0.39, 0.29) is 11.8 Å². The Labute approximate surface area is 157 Å². The second-order valence-electron chi connectivity index (χ2n) is 6.84. The molecular formula is C19H24N4O2S. The Morgan fingerprint density at radius 1 is 1.27 bits per heavy atom. The van der Waals surface area contributed by atoms with Crippen molar-refractivity contribution in [3.8, 4) is 0 Å². The highest BCUT2D eigenvalue weighted by molar-refractivity contribution is 7.13. The van der Waals surface area contributed by atoms with Gasteiger partial charge in [-0.05, 0) is 49.6 Å². The summed E-state index contributed by atoms with van der Waals surface area (Å²) in [5.74, 6) is 0.398. The van der Waals surface area contributed by atoms with Gasteiger partial charge in [-0.25, -0.2) is 4.98 Å². The van der Waals surface area contributed by atoms with Gasteiger partial charge in [-0.15, -0.1) is 11.3 Å². The monoisotopic (exact) mass is 372 g/mol. The minimum absolute atomic E-state index is 0.138. The number of aromatic nitrogens is 1. The fourth-order valence-electron chi connectivity index (χ4n) is 3.17. The maximum absolute atomic E-state index is 12.3. The third-order valence-corrected chi connectivity index (χ3v) is 5.17. The second-order valence-corrected chi connectivity index (χ2v) is 7.70. The average Bonchev–Trinajstić information content (AvgIpc) is 3.02. The first-order valence-electron chi connectivity index (χ1n) is 8.85. The molecule has 0 aliphatic carbocycles. The van der Waals surface area contributed by atoms with Crippen LogP contribution in [0.4, 0.5) is 10.8 Å². The quantitative estimate of drug-likeness (QED) is 0.841. The van der Waals surface area contributed by atoms with Gasteiger partial charge in [0.05, 0.1) is 5.69 Å². The molecule has 0 saturated carbocycles. The maximum Gasteiger partial charge on any atom is 0.257 e. The predicted octanol–water partition coefficient (Wildman–Crippen LogP) is 3.59. The van der Waals surface area contributed by atoms with Crippen molar-refractivity contribution in [3.05, 3.63) is 40.9 Å². The predicted molar refractivity (Wildman–Crippen MR) is 104 cm³/mol. The molecule has 0 bridgehead atoms. The summed E-state index contributed by atoms with van der Waals surface area (Å²) < 4.78 is 0. The fourth-order valence-corrected chi connectivity index (χ4v) is 3.87. The minimum atomic E-state index is -0.202. The van der Waals surface area contributed by atoms with Gasteiger partial charge in [0.2, 0.25) is 5.91 Å². The van der Waals surface area contributed by atoms with Crippen molar-refractivity contribution < 1.29 is 9.59 Å². The fraction of sp³-hybridized carbons (Fsp3) is 0.421. The van der Waals surface area contributed by atoms with E-state index in [1.54, 1.807) is 24.3 Å². The summed E-state index contributed by atoms with van der Waals surface area (Å²) in [7, 11) is 0. The molecule has 0 unspecified atom stereocenters. The number of carbonyl (C=O) groups excluding carboxylic acids is 2. The number of likely N-dealkylation sites (tertiary alicyclic amines) is 1. The highest BCUT2D eigenvalue weighted by Crippen LogP contribution is 2.21. The van der Waals surface area contributed by atoms with E-state index in [0.29, 0.717) is 16.4 Å². The van der Waals surface area contributed by atoms with E-state index in [0.717, 1.165) is 31.2 Å². The molecule has 1 fully saturated rings. The van der Waals surface area contributed by atoms with Crippen molar-refractivity contribution in [1.82, 2.24) is 9.88 Å². The standard InChI is InChI=1S/C19H24N4O2S/c1-13-4-3-9-23(10-13)11-17-12-26-19(21-17)22-18(25)15-5-7-16(8-6-15)20-14(2)24/h5-8,12-13H,3-4,9-11H2,1-2H3,(H,20,24)(H,21,22,25)/t13-/m0/s1. The van der Waals surface area contributed by atoms with Gasteiger partial charge in [-0.2, -0.15) is 0 Å². The minimum Gasteiger partial charge on any atom is -0.326 e. The number of nitrogens with one attached hydrogen (secondary N) is 2. The van der Waals surface area contributed by atoms with Crippen molar-refractivity contribution in [2.24, 2.45) is 5.92 Å². The normalized spacial score (nSPS) is 17.7. The smallest absolute Gasteiger partial charge is 0.257 e. The molecule has 0 radical (unpaired) electrons. The van der Waals surface area contributed by atoms with Gasteiger partial charge in [-0.1, -0.05) is 6.92 Å². The Bertz CT molecular complexity index is 772. The third kappa shape index (κ3) is 5.12. The zero-order valence-electron chi connectivity index (χ0n) is 15.1. The Morgan fingerprint density at radius 3 is 2.73 bits per heavy atom. The van der Waals surface area contributed by atoms with Crippen LogP contribution in [0, 0.1) is 5.92 Å². The van der Waals surface area contributed by atoms with E-state index in [1.807, 2.05) is 5.38 Å². The van der Waals surface area contributed by atoms with Gasteiger partial charge in [0.25, 0.3) is 5.91 Å². The molecule has 7 heteroatoms. The summed E-state index contributed by atoms with van der Waals surface area (Å²) >= 11 is 1.45. The average molecular weight is 372 g/mol. The number of carbonyl (C=O) groups is 2. The van der Waals surface area contributed by atoms with E-state index < -0.39 is 0 Å². The van der Waals surface area contributed by atoms with E-state index in [2.05, 4.69) is 27.4 Å². The van der Waals surface area contributed by atoms with Crippen molar-refractivity contribution >= 4 is 34.0 Å². The topological polar surface area (TPSA) is 74.3 Å². The number of hydrogen-bond acceptors (Lipinski definition) is 5.